The van der Waals surface area contributed by atoms with Crippen LogP contribution in [0.25, 0.3) is 0 Å². The first kappa shape index (κ1) is 24.3. The standard InChI is InChI=1S/C22H25ClN6O3S/c1-12-9-13(2)29(28-12)14(3)21(31)26-17-7-6-15(10-16(17)23)25-20(30)11-18(27-22(24)32)19-5-4-8-33-19/h4-10,14,18H,11H2,1-3H3,(H,25,30)(H,26,31)(H3,24,27,32). The quantitative estimate of drug-likeness (QED) is 0.379. The Bertz CT molecular complexity index is 1160. The molecule has 2 atom stereocenters. The van der Waals surface area contributed by atoms with E-state index in [1.165, 1.54) is 11.3 Å². The molecule has 0 saturated heterocycles. The molecule has 9 nitrogen and oxygen atoms in total. The molecule has 0 saturated carbocycles. The summed E-state index contributed by atoms with van der Waals surface area (Å²) >= 11 is 7.75. The first-order chi connectivity index (χ1) is 15.6. The molecular weight excluding hydrogens is 464 g/mol. The molecule has 0 fully saturated rings. The van der Waals surface area contributed by atoms with Crippen LogP contribution in [0.3, 0.4) is 0 Å². The lowest BCUT2D eigenvalue weighted by atomic mass is 10.1. The number of primary amides is 1. The molecule has 2 unspecified atom stereocenters. The molecule has 4 amide bonds. The highest BCUT2D eigenvalue weighted by molar-refractivity contribution is 7.10. The number of hydrogen-bond donors (Lipinski definition) is 4. The van der Waals surface area contributed by atoms with Crippen molar-refractivity contribution in [2.45, 2.75) is 39.3 Å². The van der Waals surface area contributed by atoms with Crippen LogP contribution in [0.2, 0.25) is 5.02 Å². The molecule has 0 aliphatic heterocycles. The third-order valence-electron chi connectivity index (χ3n) is 4.89. The summed E-state index contributed by atoms with van der Waals surface area (Å²) in [5.41, 5.74) is 7.82. The lowest BCUT2D eigenvalue weighted by Crippen LogP contribution is -2.34. The van der Waals surface area contributed by atoms with Crippen molar-refractivity contribution in [1.29, 1.82) is 0 Å². The van der Waals surface area contributed by atoms with E-state index in [2.05, 4.69) is 21.0 Å². The first-order valence-electron chi connectivity index (χ1n) is 10.2. The minimum Gasteiger partial charge on any atom is -0.352 e. The number of amides is 4. The lowest BCUT2D eigenvalue weighted by Gasteiger charge is -2.17. The Labute approximate surface area is 200 Å². The molecule has 3 rings (SSSR count). The Morgan fingerprint density at radius 3 is 2.52 bits per heavy atom. The van der Waals surface area contributed by atoms with Gasteiger partial charge in [0.15, 0.2) is 0 Å². The van der Waals surface area contributed by atoms with Crippen molar-refractivity contribution >= 4 is 52.2 Å². The van der Waals surface area contributed by atoms with E-state index in [0.29, 0.717) is 11.4 Å². The van der Waals surface area contributed by atoms with E-state index in [9.17, 15) is 14.4 Å². The average Bonchev–Trinajstić information content (AvgIpc) is 3.38. The number of aromatic nitrogens is 2. The molecule has 0 aliphatic carbocycles. The van der Waals surface area contributed by atoms with Gasteiger partial charge in [-0.15, -0.1) is 11.3 Å². The maximum absolute atomic E-state index is 12.7. The molecule has 3 aromatic rings. The van der Waals surface area contributed by atoms with Crippen LogP contribution in [-0.2, 0) is 9.59 Å². The molecule has 0 bridgehead atoms. The number of hydrogen-bond acceptors (Lipinski definition) is 5. The fraction of sp³-hybridized carbons (Fsp3) is 0.273. The molecule has 1 aromatic carbocycles. The van der Waals surface area contributed by atoms with Gasteiger partial charge >= 0.3 is 6.03 Å². The van der Waals surface area contributed by atoms with Gasteiger partial charge in [-0.05, 0) is 56.5 Å². The van der Waals surface area contributed by atoms with Gasteiger partial charge in [-0.2, -0.15) is 5.10 Å². The molecule has 5 N–H and O–H groups in total. The van der Waals surface area contributed by atoms with Crippen LogP contribution in [0.15, 0.2) is 41.8 Å². The second-order valence-corrected chi connectivity index (χ2v) is 8.95. The number of carbonyl (C=O) groups is 3. The monoisotopic (exact) mass is 488 g/mol. The number of halogens is 1. The van der Waals surface area contributed by atoms with Crippen LogP contribution in [0, 0.1) is 13.8 Å². The fourth-order valence-corrected chi connectivity index (χ4v) is 4.37. The minimum absolute atomic E-state index is 0.000285. The van der Waals surface area contributed by atoms with E-state index in [1.54, 1.807) is 29.8 Å². The van der Waals surface area contributed by atoms with E-state index in [0.717, 1.165) is 16.3 Å². The second-order valence-electron chi connectivity index (χ2n) is 7.56. The third kappa shape index (κ3) is 6.33. The summed E-state index contributed by atoms with van der Waals surface area (Å²) in [5.74, 6) is -0.593. The van der Waals surface area contributed by atoms with Gasteiger partial charge in [0.25, 0.3) is 0 Å². The summed E-state index contributed by atoms with van der Waals surface area (Å²) in [5, 5.41) is 14.6. The molecule has 174 valence electrons. The number of carbonyl (C=O) groups excluding carboxylic acids is 3. The maximum Gasteiger partial charge on any atom is 0.312 e. The smallest absolute Gasteiger partial charge is 0.312 e. The van der Waals surface area contributed by atoms with Gasteiger partial charge in [-0.25, -0.2) is 4.79 Å². The third-order valence-corrected chi connectivity index (χ3v) is 6.19. The van der Waals surface area contributed by atoms with Gasteiger partial charge < -0.3 is 21.7 Å². The zero-order valence-electron chi connectivity index (χ0n) is 18.4. The molecular formula is C22H25ClN6O3S. The van der Waals surface area contributed by atoms with Crippen molar-refractivity contribution in [3.8, 4) is 0 Å². The van der Waals surface area contributed by atoms with Crippen LogP contribution in [-0.4, -0.2) is 27.6 Å². The molecule has 11 heteroatoms. The zero-order chi connectivity index (χ0) is 24.1. The van der Waals surface area contributed by atoms with E-state index in [-0.39, 0.29) is 23.3 Å². The predicted molar refractivity (Wildman–Crippen MR) is 130 cm³/mol. The lowest BCUT2D eigenvalue weighted by molar-refractivity contribution is -0.119. The van der Waals surface area contributed by atoms with Crippen molar-refractivity contribution in [2.75, 3.05) is 10.6 Å². The van der Waals surface area contributed by atoms with Crippen LogP contribution in [0.1, 0.15) is 41.7 Å². The van der Waals surface area contributed by atoms with Gasteiger partial charge in [0.2, 0.25) is 11.8 Å². The molecule has 33 heavy (non-hydrogen) atoms. The van der Waals surface area contributed by atoms with Crippen molar-refractivity contribution < 1.29 is 14.4 Å². The number of nitrogens with zero attached hydrogens (tertiary/aromatic N) is 2. The van der Waals surface area contributed by atoms with Crippen molar-refractivity contribution in [3.05, 3.63) is 63.1 Å². The van der Waals surface area contributed by atoms with Crippen molar-refractivity contribution in [1.82, 2.24) is 15.1 Å². The van der Waals surface area contributed by atoms with Gasteiger partial charge in [0, 0.05) is 16.3 Å². The number of nitrogens with one attached hydrogen (secondary N) is 3. The number of benzene rings is 1. The number of thiophene rings is 1. The fourth-order valence-electron chi connectivity index (χ4n) is 3.36. The number of rotatable bonds is 8. The Balaban J connectivity index is 1.63. The van der Waals surface area contributed by atoms with Crippen LogP contribution in [0.4, 0.5) is 16.2 Å². The van der Waals surface area contributed by atoms with Gasteiger partial charge in [0.1, 0.15) is 6.04 Å². The van der Waals surface area contributed by atoms with E-state index < -0.39 is 18.1 Å². The average molecular weight is 489 g/mol. The van der Waals surface area contributed by atoms with Crippen LogP contribution < -0.4 is 21.7 Å². The Kier molecular flexibility index (Phi) is 7.72. The molecule has 0 radical (unpaired) electrons. The topological polar surface area (TPSA) is 131 Å². The van der Waals surface area contributed by atoms with E-state index in [4.69, 9.17) is 17.3 Å². The Morgan fingerprint density at radius 2 is 1.94 bits per heavy atom. The maximum atomic E-state index is 12.7. The van der Waals surface area contributed by atoms with Gasteiger partial charge in [0.05, 0.1) is 28.9 Å². The van der Waals surface area contributed by atoms with Crippen molar-refractivity contribution in [2.24, 2.45) is 5.73 Å². The highest BCUT2D eigenvalue weighted by atomic mass is 35.5. The number of nitrogens with two attached hydrogens (primary N) is 1. The first-order valence-corrected chi connectivity index (χ1v) is 11.4. The molecule has 2 aromatic heterocycles. The number of anilines is 2. The Hall–Kier alpha value is -3.37. The second kappa shape index (κ2) is 10.5. The number of aryl methyl sites for hydroxylation is 2. The molecule has 0 spiro atoms. The van der Waals surface area contributed by atoms with Crippen LogP contribution >= 0.6 is 22.9 Å². The predicted octanol–water partition coefficient (Wildman–Crippen LogP) is 4.15. The highest BCUT2D eigenvalue weighted by Crippen LogP contribution is 2.28. The summed E-state index contributed by atoms with van der Waals surface area (Å²) in [6, 6.07) is 8.57. The zero-order valence-corrected chi connectivity index (χ0v) is 20.0. The van der Waals surface area contributed by atoms with Crippen LogP contribution in [0.5, 0.6) is 0 Å². The summed E-state index contributed by atoms with van der Waals surface area (Å²) in [4.78, 5) is 37.3. The van der Waals surface area contributed by atoms with Gasteiger partial charge in [-0.1, -0.05) is 17.7 Å². The molecule has 0 aliphatic rings. The highest BCUT2D eigenvalue weighted by Gasteiger charge is 2.20. The molecule has 2 heterocycles. The normalized spacial score (nSPS) is 12.6. The summed E-state index contributed by atoms with van der Waals surface area (Å²) < 4.78 is 1.65. The van der Waals surface area contributed by atoms with Gasteiger partial charge in [-0.3, -0.25) is 14.3 Å². The van der Waals surface area contributed by atoms with E-state index >= 15 is 0 Å². The summed E-state index contributed by atoms with van der Waals surface area (Å²) in [6.07, 6.45) is -0.000285. The summed E-state index contributed by atoms with van der Waals surface area (Å²) in [6.45, 7) is 5.50. The number of urea groups is 1. The SMILES string of the molecule is Cc1cc(C)n(C(C)C(=O)Nc2ccc(NC(=O)CC(NC(N)=O)c3cccs3)cc2Cl)n1. The van der Waals surface area contributed by atoms with Crippen molar-refractivity contribution in [3.63, 3.8) is 0 Å². The largest absolute Gasteiger partial charge is 0.352 e. The Morgan fingerprint density at radius 1 is 1.18 bits per heavy atom. The minimum atomic E-state index is -0.709. The summed E-state index contributed by atoms with van der Waals surface area (Å²) in [7, 11) is 0. The van der Waals surface area contributed by atoms with E-state index in [1.807, 2.05) is 37.4 Å².